The van der Waals surface area contributed by atoms with Gasteiger partial charge in [0, 0.05) is 5.56 Å². The van der Waals surface area contributed by atoms with Gasteiger partial charge in [-0.3, -0.25) is 0 Å². The third-order valence-electron chi connectivity index (χ3n) is 4.56. The first kappa shape index (κ1) is 14.4. The summed E-state index contributed by atoms with van der Waals surface area (Å²) in [7, 11) is 1.69. The molecule has 19 heavy (non-hydrogen) atoms. The van der Waals surface area contributed by atoms with Crippen LogP contribution in [-0.2, 0) is 5.60 Å². The average Bonchev–Trinajstić information content (AvgIpc) is 2.32. The molecule has 2 nitrogen and oxygen atoms in total. The van der Waals surface area contributed by atoms with Crippen LogP contribution in [0.5, 0.6) is 5.75 Å². The highest BCUT2D eigenvalue weighted by molar-refractivity contribution is 5.46. The third kappa shape index (κ3) is 2.79. The van der Waals surface area contributed by atoms with Gasteiger partial charge in [-0.15, -0.1) is 0 Å². The Morgan fingerprint density at radius 1 is 1.05 bits per heavy atom. The molecule has 1 aliphatic carbocycles. The quantitative estimate of drug-likeness (QED) is 0.869. The fourth-order valence-electron chi connectivity index (χ4n) is 3.28. The maximum Gasteiger partial charge on any atom is 0.125 e. The van der Waals surface area contributed by atoms with Gasteiger partial charge in [0.1, 0.15) is 5.75 Å². The van der Waals surface area contributed by atoms with Crippen molar-refractivity contribution in [3.63, 3.8) is 0 Å². The zero-order valence-electron chi connectivity index (χ0n) is 12.8. The van der Waals surface area contributed by atoms with E-state index in [9.17, 15) is 5.11 Å². The molecule has 1 aromatic rings. The second kappa shape index (κ2) is 4.82. The lowest BCUT2D eigenvalue weighted by atomic mass is 9.68. The highest BCUT2D eigenvalue weighted by Crippen LogP contribution is 2.48. The van der Waals surface area contributed by atoms with Crippen LogP contribution >= 0.6 is 0 Å². The Morgan fingerprint density at radius 3 is 2.16 bits per heavy atom. The minimum atomic E-state index is -0.724. The first-order valence-corrected chi connectivity index (χ1v) is 7.15. The fourth-order valence-corrected chi connectivity index (χ4v) is 3.28. The average molecular weight is 262 g/mol. The Hall–Kier alpha value is -1.02. The summed E-state index contributed by atoms with van der Waals surface area (Å²) in [6.45, 7) is 8.70. The Morgan fingerprint density at radius 2 is 1.63 bits per heavy atom. The largest absolute Gasteiger partial charge is 0.496 e. The van der Waals surface area contributed by atoms with E-state index in [1.807, 2.05) is 6.07 Å². The SMILES string of the molecule is COc1cc(C)cc(C)c1C1(O)CCC(C)(C)CC1. The van der Waals surface area contributed by atoms with E-state index in [1.165, 1.54) is 5.56 Å². The smallest absolute Gasteiger partial charge is 0.125 e. The maximum absolute atomic E-state index is 11.1. The zero-order valence-corrected chi connectivity index (χ0v) is 12.8. The van der Waals surface area contributed by atoms with Gasteiger partial charge in [0.15, 0.2) is 0 Å². The highest BCUT2D eigenvalue weighted by atomic mass is 16.5. The van der Waals surface area contributed by atoms with Crippen LogP contribution in [0.3, 0.4) is 0 Å². The molecular formula is C17H26O2. The van der Waals surface area contributed by atoms with Crippen LogP contribution in [0, 0.1) is 19.3 Å². The summed E-state index contributed by atoms with van der Waals surface area (Å²) in [5.41, 5.74) is 2.93. The van der Waals surface area contributed by atoms with E-state index in [1.54, 1.807) is 7.11 Å². The van der Waals surface area contributed by atoms with Crippen molar-refractivity contribution in [1.29, 1.82) is 0 Å². The van der Waals surface area contributed by atoms with Gasteiger partial charge in [-0.25, -0.2) is 0 Å². The van der Waals surface area contributed by atoms with E-state index in [2.05, 4.69) is 33.8 Å². The monoisotopic (exact) mass is 262 g/mol. The summed E-state index contributed by atoms with van der Waals surface area (Å²) in [6, 6.07) is 4.16. The summed E-state index contributed by atoms with van der Waals surface area (Å²) in [5.74, 6) is 0.833. The molecule has 1 saturated carbocycles. The first-order chi connectivity index (χ1) is 8.77. The van der Waals surface area contributed by atoms with Gasteiger partial charge >= 0.3 is 0 Å². The predicted molar refractivity (Wildman–Crippen MR) is 78.6 cm³/mol. The number of hydrogen-bond acceptors (Lipinski definition) is 2. The fraction of sp³-hybridized carbons (Fsp3) is 0.647. The van der Waals surface area contributed by atoms with Gasteiger partial charge in [0.2, 0.25) is 0 Å². The Bertz CT molecular complexity index is 464. The predicted octanol–water partition coefficient (Wildman–Crippen LogP) is 4.10. The van der Waals surface area contributed by atoms with Gasteiger partial charge < -0.3 is 9.84 Å². The van der Waals surface area contributed by atoms with Gasteiger partial charge in [0.25, 0.3) is 0 Å². The summed E-state index contributed by atoms with van der Waals surface area (Å²) < 4.78 is 5.52. The molecule has 0 radical (unpaired) electrons. The molecule has 2 heteroatoms. The minimum absolute atomic E-state index is 0.345. The summed E-state index contributed by atoms with van der Waals surface area (Å²) in [4.78, 5) is 0. The van der Waals surface area contributed by atoms with Crippen molar-refractivity contribution in [2.24, 2.45) is 5.41 Å². The lowest BCUT2D eigenvalue weighted by molar-refractivity contribution is -0.0325. The van der Waals surface area contributed by atoms with Crippen LogP contribution in [0.25, 0.3) is 0 Å². The molecule has 0 unspecified atom stereocenters. The molecule has 1 fully saturated rings. The molecule has 0 aliphatic heterocycles. The molecule has 106 valence electrons. The van der Waals surface area contributed by atoms with Gasteiger partial charge in [0.05, 0.1) is 12.7 Å². The lowest BCUT2D eigenvalue weighted by Crippen LogP contribution is -2.35. The van der Waals surface area contributed by atoms with Crippen molar-refractivity contribution in [1.82, 2.24) is 0 Å². The molecule has 0 heterocycles. The molecule has 0 aromatic heterocycles. The lowest BCUT2D eigenvalue weighted by Gasteiger charge is -2.41. The van der Waals surface area contributed by atoms with Crippen molar-refractivity contribution < 1.29 is 9.84 Å². The van der Waals surface area contributed by atoms with Crippen LogP contribution in [-0.4, -0.2) is 12.2 Å². The number of methoxy groups -OCH3 is 1. The Balaban J connectivity index is 2.41. The zero-order chi connectivity index (χ0) is 14.3. The van der Waals surface area contributed by atoms with Crippen LogP contribution in [0.4, 0.5) is 0 Å². The molecule has 0 amide bonds. The molecule has 1 aliphatic rings. The first-order valence-electron chi connectivity index (χ1n) is 7.15. The van der Waals surface area contributed by atoms with Gasteiger partial charge in [-0.05, 0) is 62.1 Å². The molecule has 0 saturated heterocycles. The second-order valence-corrected chi connectivity index (χ2v) is 6.85. The van der Waals surface area contributed by atoms with Crippen LogP contribution < -0.4 is 4.74 Å². The number of aliphatic hydroxyl groups is 1. The molecule has 1 N–H and O–H groups in total. The van der Waals surface area contributed by atoms with E-state index in [-0.39, 0.29) is 0 Å². The standard InChI is InChI=1S/C17H26O2/c1-12-10-13(2)15(14(11-12)19-5)17(18)8-6-16(3,4)7-9-17/h10-11,18H,6-9H2,1-5H3. The normalized spacial score (nSPS) is 21.2. The molecule has 0 bridgehead atoms. The van der Waals surface area contributed by atoms with E-state index >= 15 is 0 Å². The van der Waals surface area contributed by atoms with E-state index in [0.29, 0.717) is 5.41 Å². The van der Waals surface area contributed by atoms with Crippen molar-refractivity contribution in [2.45, 2.75) is 59.0 Å². The molecule has 2 rings (SSSR count). The van der Waals surface area contributed by atoms with E-state index in [0.717, 1.165) is 42.6 Å². The van der Waals surface area contributed by atoms with Gasteiger partial charge in [-0.2, -0.15) is 0 Å². The second-order valence-electron chi connectivity index (χ2n) is 6.85. The van der Waals surface area contributed by atoms with Crippen molar-refractivity contribution >= 4 is 0 Å². The maximum atomic E-state index is 11.1. The Kier molecular flexibility index (Phi) is 3.65. The van der Waals surface area contributed by atoms with Crippen molar-refractivity contribution in [2.75, 3.05) is 7.11 Å². The van der Waals surface area contributed by atoms with Crippen molar-refractivity contribution in [3.8, 4) is 5.75 Å². The molecule has 0 atom stereocenters. The van der Waals surface area contributed by atoms with E-state index < -0.39 is 5.60 Å². The number of ether oxygens (including phenoxy) is 1. The van der Waals surface area contributed by atoms with Crippen LogP contribution in [0.2, 0.25) is 0 Å². The topological polar surface area (TPSA) is 29.5 Å². The van der Waals surface area contributed by atoms with Crippen LogP contribution in [0.15, 0.2) is 12.1 Å². The molecular weight excluding hydrogens is 236 g/mol. The minimum Gasteiger partial charge on any atom is -0.496 e. The van der Waals surface area contributed by atoms with Gasteiger partial charge in [-0.1, -0.05) is 19.9 Å². The number of aryl methyl sites for hydroxylation is 2. The summed E-state index contributed by atoms with van der Waals surface area (Å²) >= 11 is 0. The van der Waals surface area contributed by atoms with E-state index in [4.69, 9.17) is 4.74 Å². The van der Waals surface area contributed by atoms with Crippen molar-refractivity contribution in [3.05, 3.63) is 28.8 Å². The number of benzene rings is 1. The summed E-state index contributed by atoms with van der Waals surface area (Å²) in [5, 5.41) is 11.1. The number of hydrogen-bond donors (Lipinski definition) is 1. The highest BCUT2D eigenvalue weighted by Gasteiger charge is 2.40. The summed E-state index contributed by atoms with van der Waals surface area (Å²) in [6.07, 6.45) is 3.75. The molecule has 0 spiro atoms. The third-order valence-corrected chi connectivity index (χ3v) is 4.56. The van der Waals surface area contributed by atoms with Crippen LogP contribution in [0.1, 0.15) is 56.2 Å². The Labute approximate surface area is 116 Å². The molecule has 1 aromatic carbocycles. The number of rotatable bonds is 2.